The van der Waals surface area contributed by atoms with Crippen LogP contribution in [0.2, 0.25) is 0 Å². The van der Waals surface area contributed by atoms with Gasteiger partial charge in [0.05, 0.1) is 0 Å². The van der Waals surface area contributed by atoms with E-state index in [2.05, 4.69) is 5.32 Å². The first-order valence-electron chi connectivity index (χ1n) is 10.3. The molecule has 0 bridgehead atoms. The van der Waals surface area contributed by atoms with E-state index in [1.54, 1.807) is 25.1 Å². The first-order valence-corrected chi connectivity index (χ1v) is 10.3. The van der Waals surface area contributed by atoms with Crippen molar-refractivity contribution in [3.8, 4) is 5.75 Å². The van der Waals surface area contributed by atoms with Gasteiger partial charge in [-0.3, -0.25) is 9.59 Å². The molecule has 1 N–H and O–H groups in total. The van der Waals surface area contributed by atoms with Gasteiger partial charge in [0, 0.05) is 18.2 Å². The zero-order valence-electron chi connectivity index (χ0n) is 18.4. The second kappa shape index (κ2) is 10.8. The normalized spacial score (nSPS) is 12.7. The predicted octanol–water partition coefficient (Wildman–Crippen LogP) is 4.15. The molecular formula is C24H31FN2O3. The van der Waals surface area contributed by atoms with Crippen molar-refractivity contribution in [1.29, 1.82) is 0 Å². The fourth-order valence-corrected chi connectivity index (χ4v) is 3.10. The summed E-state index contributed by atoms with van der Waals surface area (Å²) in [6, 6.07) is 11.2. The summed E-state index contributed by atoms with van der Waals surface area (Å²) in [5.41, 5.74) is 2.41. The summed E-state index contributed by atoms with van der Waals surface area (Å²) in [5.74, 6) is -0.492. The minimum absolute atomic E-state index is 0.0168. The Hall–Kier alpha value is -2.89. The van der Waals surface area contributed by atoms with E-state index in [9.17, 15) is 14.0 Å². The van der Waals surface area contributed by atoms with Crippen LogP contribution in [0.15, 0.2) is 42.5 Å². The van der Waals surface area contributed by atoms with Gasteiger partial charge in [-0.2, -0.15) is 0 Å². The molecule has 0 fully saturated rings. The lowest BCUT2D eigenvalue weighted by Crippen LogP contribution is -2.50. The molecule has 0 saturated carbocycles. The third-order valence-electron chi connectivity index (χ3n) is 5.02. The summed E-state index contributed by atoms with van der Waals surface area (Å²) in [6.45, 7) is 9.16. The molecular weight excluding hydrogens is 383 g/mol. The quantitative estimate of drug-likeness (QED) is 0.671. The first kappa shape index (κ1) is 23.4. The monoisotopic (exact) mass is 414 g/mol. The van der Waals surface area contributed by atoms with Crippen LogP contribution >= 0.6 is 0 Å². The molecule has 2 amide bonds. The highest BCUT2D eigenvalue weighted by molar-refractivity contribution is 5.88. The summed E-state index contributed by atoms with van der Waals surface area (Å²) >= 11 is 0. The zero-order valence-corrected chi connectivity index (χ0v) is 18.4. The van der Waals surface area contributed by atoms with Crippen molar-refractivity contribution in [2.45, 2.75) is 59.7 Å². The van der Waals surface area contributed by atoms with Crippen molar-refractivity contribution in [3.63, 3.8) is 0 Å². The lowest BCUT2D eigenvalue weighted by molar-refractivity contribution is -0.142. The van der Waals surface area contributed by atoms with E-state index in [1.165, 1.54) is 11.0 Å². The second-order valence-corrected chi connectivity index (χ2v) is 7.72. The highest BCUT2D eigenvalue weighted by Gasteiger charge is 2.27. The number of hydrogen-bond donors (Lipinski definition) is 1. The van der Waals surface area contributed by atoms with Crippen molar-refractivity contribution in [1.82, 2.24) is 10.2 Å². The molecule has 30 heavy (non-hydrogen) atoms. The van der Waals surface area contributed by atoms with Crippen LogP contribution in [0.25, 0.3) is 0 Å². The average molecular weight is 415 g/mol. The fourth-order valence-electron chi connectivity index (χ4n) is 3.10. The highest BCUT2D eigenvalue weighted by Crippen LogP contribution is 2.18. The van der Waals surface area contributed by atoms with Gasteiger partial charge in [0.1, 0.15) is 17.6 Å². The van der Waals surface area contributed by atoms with Crippen LogP contribution in [0.4, 0.5) is 4.39 Å². The Labute approximate surface area is 178 Å². The van der Waals surface area contributed by atoms with E-state index in [1.807, 2.05) is 45.9 Å². The van der Waals surface area contributed by atoms with Gasteiger partial charge >= 0.3 is 0 Å². The van der Waals surface area contributed by atoms with Crippen molar-refractivity contribution in [2.24, 2.45) is 0 Å². The van der Waals surface area contributed by atoms with Crippen molar-refractivity contribution in [2.75, 3.05) is 6.61 Å². The maximum atomic E-state index is 14.2. The van der Waals surface area contributed by atoms with Crippen molar-refractivity contribution in [3.05, 3.63) is 65.0 Å². The number of ether oxygens (including phenoxy) is 1. The van der Waals surface area contributed by atoms with Gasteiger partial charge in [0.25, 0.3) is 5.91 Å². The van der Waals surface area contributed by atoms with Crippen molar-refractivity contribution < 1.29 is 18.7 Å². The van der Waals surface area contributed by atoms with Gasteiger partial charge in [-0.1, -0.05) is 31.2 Å². The SMILES string of the molecule is CC[C@H](C)NC(=O)[C@H](C)N(Cc1ccccc1F)C(=O)COc1cc(C)cc(C)c1. The maximum Gasteiger partial charge on any atom is 0.261 e. The van der Waals surface area contributed by atoms with Crippen LogP contribution in [0.1, 0.15) is 43.9 Å². The minimum atomic E-state index is -0.769. The molecule has 0 unspecified atom stereocenters. The van der Waals surface area contributed by atoms with E-state index in [-0.39, 0.29) is 31.0 Å². The molecule has 6 heteroatoms. The van der Waals surface area contributed by atoms with Crippen LogP contribution < -0.4 is 10.1 Å². The molecule has 162 valence electrons. The Morgan fingerprint density at radius 1 is 1.10 bits per heavy atom. The number of amides is 2. The van der Waals surface area contributed by atoms with E-state index >= 15 is 0 Å². The van der Waals surface area contributed by atoms with E-state index in [0.717, 1.165) is 17.5 Å². The lowest BCUT2D eigenvalue weighted by Gasteiger charge is -2.29. The number of carbonyl (C=O) groups is 2. The zero-order chi connectivity index (χ0) is 22.3. The van der Waals surface area contributed by atoms with Crippen LogP contribution in [-0.2, 0) is 16.1 Å². The lowest BCUT2D eigenvalue weighted by atomic mass is 10.1. The summed E-state index contributed by atoms with van der Waals surface area (Å²) in [6.07, 6.45) is 0.773. The number of rotatable bonds is 9. The third kappa shape index (κ3) is 6.58. The molecule has 0 aliphatic carbocycles. The molecule has 0 aliphatic rings. The smallest absolute Gasteiger partial charge is 0.261 e. The van der Waals surface area contributed by atoms with E-state index in [0.29, 0.717) is 11.3 Å². The van der Waals surface area contributed by atoms with Crippen LogP contribution in [0, 0.1) is 19.7 Å². The largest absolute Gasteiger partial charge is 0.484 e. The van der Waals surface area contributed by atoms with Gasteiger partial charge in [-0.15, -0.1) is 0 Å². The van der Waals surface area contributed by atoms with Crippen molar-refractivity contribution >= 4 is 11.8 Å². The molecule has 2 atom stereocenters. The fraction of sp³-hybridized carbons (Fsp3) is 0.417. The molecule has 0 radical (unpaired) electrons. The number of carbonyl (C=O) groups excluding carboxylic acids is 2. The number of halogens is 1. The van der Waals surface area contributed by atoms with Crippen LogP contribution in [0.5, 0.6) is 5.75 Å². The number of nitrogens with one attached hydrogen (secondary N) is 1. The summed E-state index contributed by atoms with van der Waals surface area (Å²) in [5, 5.41) is 2.89. The molecule has 0 saturated heterocycles. The standard InChI is InChI=1S/C24H31FN2O3/c1-6-18(4)26-24(29)19(5)27(14-20-9-7-8-10-22(20)25)23(28)15-30-21-12-16(2)11-17(3)13-21/h7-13,18-19H,6,14-15H2,1-5H3,(H,26,29)/t18-,19-/m0/s1. The Morgan fingerprint density at radius 3 is 2.33 bits per heavy atom. The van der Waals surface area contributed by atoms with Gasteiger partial charge < -0.3 is 15.0 Å². The number of aryl methyl sites for hydroxylation is 2. The molecule has 0 heterocycles. The van der Waals surface area contributed by atoms with Gasteiger partial charge in [-0.05, 0) is 63.4 Å². The third-order valence-corrected chi connectivity index (χ3v) is 5.02. The minimum Gasteiger partial charge on any atom is -0.484 e. The summed E-state index contributed by atoms with van der Waals surface area (Å²) < 4.78 is 19.9. The second-order valence-electron chi connectivity index (χ2n) is 7.72. The Kier molecular flexibility index (Phi) is 8.39. The summed E-state index contributed by atoms with van der Waals surface area (Å²) in [7, 11) is 0. The highest BCUT2D eigenvalue weighted by atomic mass is 19.1. The number of nitrogens with zero attached hydrogens (tertiary/aromatic N) is 1. The topological polar surface area (TPSA) is 58.6 Å². The maximum absolute atomic E-state index is 14.2. The molecule has 2 rings (SSSR count). The molecule has 0 spiro atoms. The predicted molar refractivity (Wildman–Crippen MR) is 116 cm³/mol. The Bertz CT molecular complexity index is 864. The Morgan fingerprint density at radius 2 is 1.73 bits per heavy atom. The first-order chi connectivity index (χ1) is 14.2. The summed E-state index contributed by atoms with van der Waals surface area (Å²) in [4.78, 5) is 27.0. The Balaban J connectivity index is 2.19. The molecule has 0 aliphatic heterocycles. The van der Waals surface area contributed by atoms with E-state index < -0.39 is 11.9 Å². The number of benzene rings is 2. The average Bonchev–Trinajstić information content (AvgIpc) is 2.70. The number of hydrogen-bond acceptors (Lipinski definition) is 3. The van der Waals surface area contributed by atoms with Gasteiger partial charge in [-0.25, -0.2) is 4.39 Å². The molecule has 2 aromatic carbocycles. The van der Waals surface area contributed by atoms with Gasteiger partial charge in [0.2, 0.25) is 5.91 Å². The van der Waals surface area contributed by atoms with Crippen LogP contribution in [0.3, 0.4) is 0 Å². The van der Waals surface area contributed by atoms with Crippen LogP contribution in [-0.4, -0.2) is 35.4 Å². The molecule has 0 aromatic heterocycles. The molecule has 5 nitrogen and oxygen atoms in total. The van der Waals surface area contributed by atoms with Gasteiger partial charge in [0.15, 0.2) is 6.61 Å². The molecule has 2 aromatic rings. The van der Waals surface area contributed by atoms with E-state index in [4.69, 9.17) is 4.74 Å².